The topological polar surface area (TPSA) is 83.8 Å². The van der Waals surface area contributed by atoms with Gasteiger partial charge in [-0.2, -0.15) is 0 Å². The summed E-state index contributed by atoms with van der Waals surface area (Å²) in [5, 5.41) is 15.7. The molecule has 0 saturated heterocycles. The second-order valence-corrected chi connectivity index (χ2v) is 2.42. The summed E-state index contributed by atoms with van der Waals surface area (Å²) in [5.41, 5.74) is 0.332. The molecule has 0 fully saturated rings. The zero-order chi connectivity index (χ0) is 13.8. The molecule has 1 aromatic carbocycles. The van der Waals surface area contributed by atoms with Crippen molar-refractivity contribution >= 4 is 12.3 Å². The summed E-state index contributed by atoms with van der Waals surface area (Å²) in [6.45, 7) is 4.00. The maximum Gasteiger partial charge on any atom is 0.335 e. The highest BCUT2D eigenvalue weighted by molar-refractivity contribution is 5.90. The molecule has 0 aromatic heterocycles. The van der Waals surface area contributed by atoms with Crippen LogP contribution in [0, 0.1) is 0 Å². The molecule has 0 aliphatic rings. The number of hydrogen-bond acceptors (Lipinski definition) is 4. The Balaban J connectivity index is 0. The standard InChI is InChI=1S/C9H8O4.C2H6.CH4O/c1-13-8-3-6(5-10)2-7(4-8)9(11)12;2*1-2/h2-5H,1H3,(H,11,12);1-2H3;2H,1H3. The van der Waals surface area contributed by atoms with Gasteiger partial charge in [-0.3, -0.25) is 4.79 Å². The summed E-state index contributed by atoms with van der Waals surface area (Å²) < 4.78 is 4.83. The number of aliphatic hydroxyl groups is 1. The number of rotatable bonds is 3. The van der Waals surface area contributed by atoms with E-state index in [0.717, 1.165) is 7.11 Å². The predicted octanol–water partition coefficient (Wildman–Crippen LogP) is 1.84. The fourth-order valence-corrected chi connectivity index (χ4v) is 0.931. The van der Waals surface area contributed by atoms with Crippen LogP contribution in [0.25, 0.3) is 0 Å². The van der Waals surface area contributed by atoms with Gasteiger partial charge in [-0.05, 0) is 18.2 Å². The highest BCUT2D eigenvalue weighted by atomic mass is 16.5. The van der Waals surface area contributed by atoms with Crippen molar-refractivity contribution in [1.82, 2.24) is 0 Å². The van der Waals surface area contributed by atoms with Gasteiger partial charge in [-0.1, -0.05) is 13.8 Å². The number of benzene rings is 1. The molecule has 0 bridgehead atoms. The molecule has 2 N–H and O–H groups in total. The van der Waals surface area contributed by atoms with Crippen molar-refractivity contribution in [3.8, 4) is 5.75 Å². The summed E-state index contributed by atoms with van der Waals surface area (Å²) >= 11 is 0. The molecule has 0 amide bonds. The largest absolute Gasteiger partial charge is 0.497 e. The second-order valence-electron chi connectivity index (χ2n) is 2.42. The third kappa shape index (κ3) is 6.32. The van der Waals surface area contributed by atoms with Gasteiger partial charge >= 0.3 is 5.97 Å². The van der Waals surface area contributed by atoms with Crippen LogP contribution in [0.15, 0.2) is 18.2 Å². The zero-order valence-corrected chi connectivity index (χ0v) is 10.4. The van der Waals surface area contributed by atoms with Gasteiger partial charge in [0.15, 0.2) is 0 Å². The molecule has 17 heavy (non-hydrogen) atoms. The van der Waals surface area contributed by atoms with Crippen LogP contribution >= 0.6 is 0 Å². The average Bonchev–Trinajstić information content (AvgIpc) is 2.42. The predicted molar refractivity (Wildman–Crippen MR) is 64.8 cm³/mol. The number of carboxylic acid groups (broad SMARTS) is 1. The Kier molecular flexibility index (Phi) is 11.0. The SMILES string of the molecule is CC.CO.COc1cc(C=O)cc(C(=O)O)c1. The van der Waals surface area contributed by atoms with Crippen molar-refractivity contribution in [3.05, 3.63) is 29.3 Å². The first kappa shape index (κ1) is 17.5. The fourth-order valence-electron chi connectivity index (χ4n) is 0.931. The van der Waals surface area contributed by atoms with Crippen LogP contribution < -0.4 is 4.74 Å². The molecule has 1 rings (SSSR count). The summed E-state index contributed by atoms with van der Waals surface area (Å²) in [7, 11) is 2.41. The van der Waals surface area contributed by atoms with E-state index in [1.165, 1.54) is 25.3 Å². The van der Waals surface area contributed by atoms with Crippen LogP contribution in [0.1, 0.15) is 34.6 Å². The summed E-state index contributed by atoms with van der Waals surface area (Å²) in [6, 6.07) is 4.12. The number of aldehydes is 1. The van der Waals surface area contributed by atoms with Crippen molar-refractivity contribution in [2.45, 2.75) is 13.8 Å². The Labute approximate surface area is 101 Å². The Morgan fingerprint density at radius 3 is 2.12 bits per heavy atom. The van der Waals surface area contributed by atoms with Gasteiger partial charge in [-0.25, -0.2) is 4.79 Å². The number of hydrogen-bond donors (Lipinski definition) is 2. The van der Waals surface area contributed by atoms with E-state index in [1.54, 1.807) is 0 Å². The second kappa shape index (κ2) is 10.6. The quantitative estimate of drug-likeness (QED) is 0.790. The third-order valence-corrected chi connectivity index (χ3v) is 1.55. The average molecular weight is 242 g/mol. The lowest BCUT2D eigenvalue weighted by molar-refractivity contribution is 0.0696. The molecule has 0 atom stereocenters. The molecule has 0 saturated carbocycles. The smallest absolute Gasteiger partial charge is 0.335 e. The number of carbonyl (C=O) groups is 2. The molecule has 0 aliphatic heterocycles. The van der Waals surface area contributed by atoms with E-state index in [0.29, 0.717) is 12.0 Å². The van der Waals surface area contributed by atoms with E-state index in [2.05, 4.69) is 0 Å². The lowest BCUT2D eigenvalue weighted by Gasteiger charge is -2.02. The Morgan fingerprint density at radius 2 is 1.76 bits per heavy atom. The van der Waals surface area contributed by atoms with E-state index in [1.807, 2.05) is 13.8 Å². The first-order chi connectivity index (χ1) is 8.17. The van der Waals surface area contributed by atoms with Gasteiger partial charge < -0.3 is 14.9 Å². The Morgan fingerprint density at radius 1 is 1.24 bits per heavy atom. The Bertz CT molecular complexity index is 347. The van der Waals surface area contributed by atoms with Gasteiger partial charge in [0.05, 0.1) is 12.7 Å². The minimum atomic E-state index is -1.08. The van der Waals surface area contributed by atoms with Gasteiger partial charge in [0.2, 0.25) is 0 Å². The number of ether oxygens (including phenoxy) is 1. The van der Waals surface area contributed by atoms with Gasteiger partial charge in [0.1, 0.15) is 12.0 Å². The number of aliphatic hydroxyl groups excluding tert-OH is 1. The number of aromatic carboxylic acids is 1. The van der Waals surface area contributed by atoms with Crippen LogP contribution in [0.5, 0.6) is 5.75 Å². The van der Waals surface area contributed by atoms with Crippen LogP contribution in [0.4, 0.5) is 0 Å². The minimum absolute atomic E-state index is 0.0430. The third-order valence-electron chi connectivity index (χ3n) is 1.55. The van der Waals surface area contributed by atoms with Crippen molar-refractivity contribution in [3.63, 3.8) is 0 Å². The maximum atomic E-state index is 10.6. The lowest BCUT2D eigenvalue weighted by Crippen LogP contribution is -1.98. The van der Waals surface area contributed by atoms with E-state index in [9.17, 15) is 9.59 Å². The Hall–Kier alpha value is -1.88. The van der Waals surface area contributed by atoms with Crippen LogP contribution in [-0.2, 0) is 0 Å². The molecule has 0 spiro atoms. The van der Waals surface area contributed by atoms with Crippen molar-refractivity contribution in [2.24, 2.45) is 0 Å². The van der Waals surface area contributed by atoms with Crippen LogP contribution in [-0.4, -0.2) is 36.7 Å². The zero-order valence-electron chi connectivity index (χ0n) is 10.4. The molecule has 0 aliphatic carbocycles. The minimum Gasteiger partial charge on any atom is -0.497 e. The number of carboxylic acids is 1. The highest BCUT2D eigenvalue weighted by Crippen LogP contribution is 2.15. The molecule has 0 radical (unpaired) electrons. The molecule has 96 valence electrons. The molecule has 1 aromatic rings. The number of methoxy groups -OCH3 is 1. The summed E-state index contributed by atoms with van der Waals surface area (Å²) in [5.74, 6) is -0.719. The fraction of sp³-hybridized carbons (Fsp3) is 0.333. The monoisotopic (exact) mass is 242 g/mol. The van der Waals surface area contributed by atoms with E-state index in [-0.39, 0.29) is 11.1 Å². The molecular weight excluding hydrogens is 224 g/mol. The van der Waals surface area contributed by atoms with E-state index in [4.69, 9.17) is 14.9 Å². The molecule has 5 nitrogen and oxygen atoms in total. The van der Waals surface area contributed by atoms with Gasteiger partial charge in [0, 0.05) is 12.7 Å². The van der Waals surface area contributed by atoms with Crippen molar-refractivity contribution in [1.29, 1.82) is 0 Å². The summed E-state index contributed by atoms with van der Waals surface area (Å²) in [6.07, 6.45) is 0.578. The first-order valence-electron chi connectivity index (χ1n) is 4.99. The van der Waals surface area contributed by atoms with Crippen molar-refractivity contribution in [2.75, 3.05) is 14.2 Å². The van der Waals surface area contributed by atoms with Gasteiger partial charge in [-0.15, -0.1) is 0 Å². The molecular formula is C12H18O5. The van der Waals surface area contributed by atoms with Gasteiger partial charge in [0.25, 0.3) is 0 Å². The lowest BCUT2D eigenvalue weighted by atomic mass is 10.1. The maximum absolute atomic E-state index is 10.6. The highest BCUT2D eigenvalue weighted by Gasteiger charge is 2.06. The normalized spacial score (nSPS) is 7.82. The van der Waals surface area contributed by atoms with Crippen molar-refractivity contribution < 1.29 is 24.5 Å². The molecule has 0 heterocycles. The first-order valence-corrected chi connectivity index (χ1v) is 4.99. The van der Waals surface area contributed by atoms with E-state index < -0.39 is 5.97 Å². The van der Waals surface area contributed by atoms with E-state index >= 15 is 0 Å². The molecule has 5 heteroatoms. The summed E-state index contributed by atoms with van der Waals surface area (Å²) in [4.78, 5) is 21.0. The van der Waals surface area contributed by atoms with Crippen LogP contribution in [0.2, 0.25) is 0 Å². The number of carbonyl (C=O) groups excluding carboxylic acids is 1. The molecule has 0 unspecified atom stereocenters. The van der Waals surface area contributed by atoms with Crippen LogP contribution in [0.3, 0.4) is 0 Å².